The minimum Gasteiger partial charge on any atom is -0.455 e. The van der Waals surface area contributed by atoms with Gasteiger partial charge in [0.15, 0.2) is 5.78 Å². The van der Waals surface area contributed by atoms with E-state index in [2.05, 4.69) is 39.5 Å². The summed E-state index contributed by atoms with van der Waals surface area (Å²) in [7, 11) is 0.821. The van der Waals surface area contributed by atoms with Crippen LogP contribution >= 0.6 is 0 Å². The molecule has 0 radical (unpaired) electrons. The molecule has 0 aromatic heterocycles. The fourth-order valence-electron chi connectivity index (χ4n) is 5.12. The minimum absolute atomic E-state index is 0.0110. The Labute approximate surface area is 253 Å². The Morgan fingerprint density at radius 1 is 1.07 bits per heavy atom. The van der Waals surface area contributed by atoms with E-state index in [1.54, 1.807) is 13.0 Å². The molecule has 0 saturated heterocycles. The third-order valence-corrected chi connectivity index (χ3v) is 7.69. The number of Topliss-reactive ketones (excluding diaryl/α,β-unsaturated/α-hetero) is 1. The number of ketones is 1. The average Bonchev–Trinajstić information content (AvgIpc) is 2.91. The lowest BCUT2D eigenvalue weighted by Gasteiger charge is -2.34. The number of hydrogen-bond donors (Lipinski definition) is 1. The maximum absolute atomic E-state index is 14.5. The van der Waals surface area contributed by atoms with Crippen LogP contribution in [-0.2, 0) is 24.7 Å². The van der Waals surface area contributed by atoms with Gasteiger partial charge in [-0.2, -0.15) is 13.2 Å². The van der Waals surface area contributed by atoms with E-state index in [1.807, 2.05) is 6.92 Å². The van der Waals surface area contributed by atoms with Gasteiger partial charge in [-0.05, 0) is 78.0 Å². The van der Waals surface area contributed by atoms with Crippen molar-refractivity contribution in [3.05, 3.63) is 94.6 Å². The van der Waals surface area contributed by atoms with E-state index in [4.69, 9.17) is 9.47 Å². The van der Waals surface area contributed by atoms with Gasteiger partial charge in [0.05, 0.1) is 6.10 Å². The summed E-state index contributed by atoms with van der Waals surface area (Å²) < 4.78 is 54.1. The highest BCUT2D eigenvalue weighted by Gasteiger charge is 2.64. The second-order valence-electron chi connectivity index (χ2n) is 11.6. The van der Waals surface area contributed by atoms with Gasteiger partial charge in [-0.15, -0.1) is 0 Å². The number of allylic oxidation sites excluding steroid dienone is 6. The zero-order valence-corrected chi connectivity index (χ0v) is 26.1. The van der Waals surface area contributed by atoms with Crippen molar-refractivity contribution in [3.63, 3.8) is 0 Å². The Morgan fingerprint density at radius 3 is 2.26 bits per heavy atom. The Bertz CT molecular complexity index is 1250. The molecule has 236 valence electrons. The van der Waals surface area contributed by atoms with Gasteiger partial charge in [-0.25, -0.2) is 4.79 Å². The zero-order valence-electron chi connectivity index (χ0n) is 26.1. The van der Waals surface area contributed by atoms with Crippen molar-refractivity contribution in [1.82, 2.24) is 0 Å². The van der Waals surface area contributed by atoms with Crippen LogP contribution < -0.4 is 0 Å². The predicted molar refractivity (Wildman–Crippen MR) is 163 cm³/mol. The second kappa shape index (κ2) is 16.0. The number of rotatable bonds is 14. The highest BCUT2D eigenvalue weighted by molar-refractivity contribution is 5.96. The Balaban J connectivity index is 2.36. The van der Waals surface area contributed by atoms with Gasteiger partial charge in [0.2, 0.25) is 0 Å². The van der Waals surface area contributed by atoms with Gasteiger partial charge >= 0.3 is 12.1 Å². The molecule has 1 aliphatic carbocycles. The molecule has 0 saturated carbocycles. The number of benzene rings is 1. The molecule has 0 bridgehead atoms. The number of aliphatic hydroxyl groups excluding tert-OH is 1. The lowest BCUT2D eigenvalue weighted by Crippen LogP contribution is -2.52. The minimum atomic E-state index is -5.12. The molecule has 2 rings (SSSR count). The van der Waals surface area contributed by atoms with E-state index >= 15 is 0 Å². The summed E-state index contributed by atoms with van der Waals surface area (Å²) in [6.45, 7) is 13.6. The molecule has 0 aliphatic heterocycles. The zero-order chi connectivity index (χ0) is 32.4. The molecule has 0 heterocycles. The number of aliphatic hydroxyl groups is 1. The highest BCUT2D eigenvalue weighted by Crippen LogP contribution is 2.43. The third kappa shape index (κ3) is 9.90. The maximum atomic E-state index is 14.5. The molecule has 1 aliphatic rings. The SMILES string of the molecule is C=C(C[C@@H](/C=C(\C)CC/C=C(\C)CCC=C(C)C)OC(=O)[C@](OC)(c1ccccc1)C(F)(F)F)[C@H]1CC(=O)C(C)=C[C@H]1O. The number of methoxy groups -OCH3 is 1. The number of hydrogen-bond acceptors (Lipinski definition) is 5. The number of carbonyl (C=O) groups is 2. The van der Waals surface area contributed by atoms with Crippen molar-refractivity contribution in [3.8, 4) is 0 Å². The standard InChI is InChI=1S/C35H45F3O5/c1-23(2)13-11-14-24(3)15-12-16-25(4)19-29(20-26(5)30-22-31(39)27(6)21-32(30)40)43-33(41)34(42-7,35(36,37)38)28-17-9-8-10-18-28/h8-10,13,15,17-19,21,29-30,32,40H,5,11-12,14,16,20,22H2,1-4,6-7H3/b24-15+,25-19+/t29-,30-,32-,34-/m1/s1. The third-order valence-electron chi connectivity index (χ3n) is 7.69. The first-order valence-electron chi connectivity index (χ1n) is 14.5. The molecule has 0 amide bonds. The molecule has 0 fully saturated rings. The van der Waals surface area contributed by atoms with Crippen LogP contribution in [0.3, 0.4) is 0 Å². The monoisotopic (exact) mass is 602 g/mol. The molecule has 1 N–H and O–H groups in total. The summed E-state index contributed by atoms with van der Waals surface area (Å²) >= 11 is 0. The molecule has 4 atom stereocenters. The van der Waals surface area contributed by atoms with Gasteiger partial charge in [0, 0.05) is 31.4 Å². The lowest BCUT2D eigenvalue weighted by molar-refractivity contribution is -0.277. The highest BCUT2D eigenvalue weighted by atomic mass is 19.4. The van der Waals surface area contributed by atoms with Gasteiger partial charge in [0.1, 0.15) is 6.10 Å². The molecule has 1 aromatic rings. The van der Waals surface area contributed by atoms with Crippen molar-refractivity contribution in [1.29, 1.82) is 0 Å². The Morgan fingerprint density at radius 2 is 1.67 bits per heavy atom. The van der Waals surface area contributed by atoms with Crippen molar-refractivity contribution in [2.45, 2.75) is 97.1 Å². The smallest absolute Gasteiger partial charge is 0.432 e. The second-order valence-corrected chi connectivity index (χ2v) is 11.6. The molecule has 0 spiro atoms. The molecule has 0 unspecified atom stereocenters. The van der Waals surface area contributed by atoms with Crippen molar-refractivity contribution < 1.29 is 37.3 Å². The lowest BCUT2D eigenvalue weighted by atomic mass is 9.80. The van der Waals surface area contributed by atoms with E-state index in [0.717, 1.165) is 37.7 Å². The van der Waals surface area contributed by atoms with E-state index in [0.29, 0.717) is 24.0 Å². The first-order chi connectivity index (χ1) is 20.1. The van der Waals surface area contributed by atoms with Crippen LogP contribution in [0.25, 0.3) is 0 Å². The number of esters is 1. The first-order valence-corrected chi connectivity index (χ1v) is 14.5. The van der Waals surface area contributed by atoms with Gasteiger partial charge < -0.3 is 14.6 Å². The largest absolute Gasteiger partial charge is 0.455 e. The fraction of sp³-hybridized carbons (Fsp3) is 0.486. The molecule has 8 heteroatoms. The average molecular weight is 603 g/mol. The molecular weight excluding hydrogens is 557 g/mol. The number of halogens is 3. The van der Waals surface area contributed by atoms with Gasteiger partial charge in [-0.1, -0.05) is 71.4 Å². The fourth-order valence-corrected chi connectivity index (χ4v) is 5.12. The maximum Gasteiger partial charge on any atom is 0.432 e. The van der Waals surface area contributed by atoms with E-state index in [1.165, 1.54) is 35.4 Å². The number of ether oxygens (including phenoxy) is 2. The number of alkyl halides is 3. The van der Waals surface area contributed by atoms with Crippen LogP contribution in [0.2, 0.25) is 0 Å². The predicted octanol–water partition coefficient (Wildman–Crippen LogP) is 8.26. The van der Waals surface area contributed by atoms with Crippen LogP contribution in [-0.4, -0.2) is 42.4 Å². The van der Waals surface area contributed by atoms with Crippen molar-refractivity contribution in [2.75, 3.05) is 7.11 Å². The normalized spacial score (nSPS) is 20.1. The van der Waals surface area contributed by atoms with Crippen LogP contribution in [0.5, 0.6) is 0 Å². The van der Waals surface area contributed by atoms with E-state index in [-0.39, 0.29) is 18.6 Å². The summed E-state index contributed by atoms with van der Waals surface area (Å²) in [5.41, 5.74) is 0.398. The van der Waals surface area contributed by atoms with E-state index < -0.39 is 41.4 Å². The van der Waals surface area contributed by atoms with Gasteiger partial charge in [0.25, 0.3) is 5.60 Å². The van der Waals surface area contributed by atoms with Crippen LogP contribution in [0, 0.1) is 5.92 Å². The Kier molecular flexibility index (Phi) is 13.4. The summed E-state index contributed by atoms with van der Waals surface area (Å²) in [4.78, 5) is 25.8. The summed E-state index contributed by atoms with van der Waals surface area (Å²) in [5, 5.41) is 10.6. The summed E-state index contributed by atoms with van der Waals surface area (Å²) in [5.74, 6) is -2.41. The van der Waals surface area contributed by atoms with Crippen LogP contribution in [0.4, 0.5) is 13.2 Å². The molecule has 43 heavy (non-hydrogen) atoms. The molecule has 1 aromatic carbocycles. The summed E-state index contributed by atoms with van der Waals surface area (Å²) in [6, 6.07) is 6.64. The van der Waals surface area contributed by atoms with Crippen molar-refractivity contribution in [2.24, 2.45) is 5.92 Å². The molecule has 5 nitrogen and oxygen atoms in total. The van der Waals surface area contributed by atoms with Crippen LogP contribution in [0.1, 0.15) is 78.7 Å². The summed E-state index contributed by atoms with van der Waals surface area (Å²) in [6.07, 6.45) is 3.25. The topological polar surface area (TPSA) is 72.8 Å². The van der Waals surface area contributed by atoms with Crippen LogP contribution in [0.15, 0.2) is 89.1 Å². The van der Waals surface area contributed by atoms with Gasteiger partial charge in [-0.3, -0.25) is 4.79 Å². The van der Waals surface area contributed by atoms with Crippen molar-refractivity contribution >= 4 is 11.8 Å². The van der Waals surface area contributed by atoms with E-state index in [9.17, 15) is 27.9 Å². The molecular formula is C35H45F3O5. The quantitative estimate of drug-likeness (QED) is 0.171. The first kappa shape index (κ1) is 36.0. The Hall–Kier alpha value is -3.23. The number of carbonyl (C=O) groups excluding carboxylic acids is 2.